The topological polar surface area (TPSA) is 0 Å². The van der Waals surface area contributed by atoms with Gasteiger partial charge in [-0.05, 0) is 40.8 Å². The van der Waals surface area contributed by atoms with Gasteiger partial charge in [-0.15, -0.1) is 0 Å². The molecule has 0 saturated heterocycles. The molecule has 0 atom stereocenters. The average molecular weight is 285 g/mol. The Bertz CT molecular complexity index is 280. The monoisotopic (exact) mass is 284 g/mol. The van der Waals surface area contributed by atoms with E-state index in [1.54, 1.807) is 0 Å². The van der Waals surface area contributed by atoms with E-state index in [-0.39, 0.29) is 11.0 Å². The molecule has 1 aromatic rings. The Balaban J connectivity index is 0.00000196. The van der Waals surface area contributed by atoms with Crippen LogP contribution in [0, 0.1) is 0 Å². The third kappa shape index (κ3) is 5.95. The van der Waals surface area contributed by atoms with Crippen LogP contribution in [0.1, 0.15) is 31.7 Å². The molecule has 0 unspecified atom stereocenters. The third-order valence-corrected chi connectivity index (χ3v) is 2.93. The molecule has 1 rings (SSSR count). The molecule has 0 aliphatic carbocycles. The predicted octanol–water partition coefficient (Wildman–Crippen LogP) is 3.25. The molecular weight excluding hydrogens is 264 g/mol. The highest BCUT2D eigenvalue weighted by atomic mass is 79.9. The van der Waals surface area contributed by atoms with Crippen LogP contribution in [-0.4, -0.2) is 11.0 Å². The Morgan fingerprint density at radius 3 is 2.47 bits per heavy atom. The summed E-state index contributed by atoms with van der Waals surface area (Å²) >= 11 is 3.44. The van der Waals surface area contributed by atoms with E-state index >= 15 is 0 Å². The van der Waals surface area contributed by atoms with E-state index in [0.717, 1.165) is 6.42 Å². The highest BCUT2D eigenvalue weighted by molar-refractivity contribution is 9.11. The first-order valence-corrected chi connectivity index (χ1v) is 6.10. The molecule has 0 bridgehead atoms. The second-order valence-corrected chi connectivity index (χ2v) is 3.99. The van der Waals surface area contributed by atoms with Crippen LogP contribution in [0.15, 0.2) is 40.9 Å². The van der Waals surface area contributed by atoms with E-state index in [9.17, 15) is 0 Å². The van der Waals surface area contributed by atoms with Crippen LogP contribution in [0.25, 0.3) is 0 Å². The first kappa shape index (κ1) is 14.7. The van der Waals surface area contributed by atoms with Crippen molar-refractivity contribution in [3.63, 3.8) is 0 Å². The molecular formula is C13H21BrSi. The maximum Gasteiger partial charge on any atom is -0.00588 e. The van der Waals surface area contributed by atoms with Gasteiger partial charge in [0.1, 0.15) is 0 Å². The number of unbranched alkanes of at least 4 members (excludes halogenated alkanes) is 1. The highest BCUT2D eigenvalue weighted by Crippen LogP contribution is 2.15. The highest BCUT2D eigenvalue weighted by Gasteiger charge is 1.98. The second kappa shape index (κ2) is 8.92. The molecule has 0 amide bonds. The van der Waals surface area contributed by atoms with Gasteiger partial charge in [-0.3, -0.25) is 0 Å². The van der Waals surface area contributed by atoms with Crippen molar-refractivity contribution in [3.05, 3.63) is 46.5 Å². The molecule has 0 heterocycles. The van der Waals surface area contributed by atoms with Crippen molar-refractivity contribution in [1.29, 1.82) is 0 Å². The van der Waals surface area contributed by atoms with Crippen LogP contribution >= 0.6 is 15.9 Å². The summed E-state index contributed by atoms with van der Waals surface area (Å²) in [4.78, 5) is 2.08. The normalized spacial score (nSPS) is 10.9. The van der Waals surface area contributed by atoms with E-state index in [1.807, 2.05) is 0 Å². The summed E-state index contributed by atoms with van der Waals surface area (Å²) < 4.78 is 0. The zero-order valence-corrected chi connectivity index (χ0v) is 10.3. The first-order chi connectivity index (χ1) is 6.86. The van der Waals surface area contributed by atoms with Crippen molar-refractivity contribution < 1.29 is 0 Å². The molecule has 0 N–H and O–H groups in total. The zero-order valence-electron chi connectivity index (χ0n) is 8.67. The molecule has 0 saturated carbocycles. The number of hydrogen-bond donors (Lipinski definition) is 0. The lowest BCUT2D eigenvalue weighted by atomic mass is 10.0. The SMILES string of the molecule is CCCCC(=CBr)Cc1ccccc1.[SiH4]. The Kier molecular flexibility index (Phi) is 8.72. The Morgan fingerprint density at radius 1 is 1.27 bits per heavy atom. The van der Waals surface area contributed by atoms with Gasteiger partial charge in [-0.2, -0.15) is 0 Å². The van der Waals surface area contributed by atoms with Crippen molar-refractivity contribution in [2.24, 2.45) is 0 Å². The summed E-state index contributed by atoms with van der Waals surface area (Å²) in [6, 6.07) is 10.6. The van der Waals surface area contributed by atoms with E-state index in [4.69, 9.17) is 0 Å². The van der Waals surface area contributed by atoms with E-state index in [0.29, 0.717) is 0 Å². The number of rotatable bonds is 5. The standard InChI is InChI=1S/C13H17Br.H4Si/c1-2-3-7-13(11-14)10-12-8-5-4-6-9-12;/h4-6,8-9,11H,2-3,7,10H2,1H3;1H4. The molecule has 84 valence electrons. The molecule has 0 aromatic heterocycles. The summed E-state index contributed by atoms with van der Waals surface area (Å²) in [7, 11) is 0. The molecule has 1 aromatic carbocycles. The summed E-state index contributed by atoms with van der Waals surface area (Å²) in [6.07, 6.45) is 4.83. The fraction of sp³-hybridized carbons (Fsp3) is 0.385. The zero-order chi connectivity index (χ0) is 10.2. The molecule has 0 nitrogen and oxygen atoms in total. The lowest BCUT2D eigenvalue weighted by molar-refractivity contribution is 0.773. The van der Waals surface area contributed by atoms with E-state index in [2.05, 4.69) is 58.2 Å². The lowest BCUT2D eigenvalue weighted by Crippen LogP contribution is -1.89. The number of benzene rings is 1. The van der Waals surface area contributed by atoms with E-state index < -0.39 is 0 Å². The smallest absolute Gasteiger partial charge is 0.00588 e. The molecule has 2 heteroatoms. The van der Waals surface area contributed by atoms with Gasteiger partial charge >= 0.3 is 0 Å². The van der Waals surface area contributed by atoms with Gasteiger partial charge in [0.2, 0.25) is 0 Å². The van der Waals surface area contributed by atoms with Crippen LogP contribution in [0.3, 0.4) is 0 Å². The van der Waals surface area contributed by atoms with Crippen molar-refractivity contribution in [1.82, 2.24) is 0 Å². The summed E-state index contributed by atoms with van der Waals surface area (Å²) in [5, 5.41) is 0. The molecule has 0 aliphatic rings. The third-order valence-electron chi connectivity index (χ3n) is 2.28. The second-order valence-electron chi connectivity index (χ2n) is 3.53. The van der Waals surface area contributed by atoms with Gasteiger partial charge in [-0.25, -0.2) is 0 Å². The van der Waals surface area contributed by atoms with Gasteiger partial charge in [0.15, 0.2) is 0 Å². The van der Waals surface area contributed by atoms with Crippen molar-refractivity contribution in [3.8, 4) is 0 Å². The van der Waals surface area contributed by atoms with Crippen LogP contribution in [-0.2, 0) is 6.42 Å². The fourth-order valence-corrected chi connectivity index (χ4v) is 1.83. The van der Waals surface area contributed by atoms with E-state index in [1.165, 1.54) is 30.4 Å². The largest absolute Gasteiger partial charge is 0.0654 e. The minimum Gasteiger partial charge on any atom is -0.0654 e. The summed E-state index contributed by atoms with van der Waals surface area (Å²) in [5.41, 5.74) is 2.88. The first-order valence-electron chi connectivity index (χ1n) is 5.19. The summed E-state index contributed by atoms with van der Waals surface area (Å²) in [6.45, 7) is 2.23. The number of hydrogen-bond acceptors (Lipinski definition) is 0. The van der Waals surface area contributed by atoms with Gasteiger partial charge in [0.05, 0.1) is 0 Å². The van der Waals surface area contributed by atoms with Crippen LogP contribution in [0.4, 0.5) is 0 Å². The molecule has 15 heavy (non-hydrogen) atoms. The van der Waals surface area contributed by atoms with Crippen molar-refractivity contribution in [2.75, 3.05) is 0 Å². The molecule has 0 radical (unpaired) electrons. The van der Waals surface area contributed by atoms with Crippen LogP contribution < -0.4 is 0 Å². The molecule has 0 spiro atoms. The minimum absolute atomic E-state index is 0. The molecule has 0 aliphatic heterocycles. The van der Waals surface area contributed by atoms with Crippen molar-refractivity contribution >= 4 is 26.9 Å². The Morgan fingerprint density at radius 2 is 1.93 bits per heavy atom. The lowest BCUT2D eigenvalue weighted by Gasteiger charge is -2.05. The average Bonchev–Trinajstić information content (AvgIpc) is 2.25. The van der Waals surface area contributed by atoms with Crippen molar-refractivity contribution in [2.45, 2.75) is 32.6 Å². The number of allylic oxidation sites excluding steroid dienone is 1. The quantitative estimate of drug-likeness (QED) is 0.729. The van der Waals surface area contributed by atoms with Crippen LogP contribution in [0.5, 0.6) is 0 Å². The van der Waals surface area contributed by atoms with Gasteiger partial charge in [-0.1, -0.05) is 65.2 Å². The maximum absolute atomic E-state index is 3.44. The minimum atomic E-state index is 0. The Hall–Kier alpha value is -0.343. The maximum atomic E-state index is 3.44. The van der Waals surface area contributed by atoms with Gasteiger partial charge < -0.3 is 0 Å². The van der Waals surface area contributed by atoms with Crippen LogP contribution in [0.2, 0.25) is 0 Å². The molecule has 0 fully saturated rings. The van der Waals surface area contributed by atoms with Gasteiger partial charge in [0, 0.05) is 0 Å². The fourth-order valence-electron chi connectivity index (χ4n) is 1.44. The predicted molar refractivity (Wildman–Crippen MR) is 78.0 cm³/mol. The van der Waals surface area contributed by atoms with Gasteiger partial charge in [0.25, 0.3) is 0 Å². The summed E-state index contributed by atoms with van der Waals surface area (Å²) in [5.74, 6) is 0. The Labute approximate surface area is 106 Å². The number of halogens is 1.